The number of anilines is 1. The molecule has 4 N–H and O–H groups in total. The van der Waals surface area contributed by atoms with Crippen LogP contribution in [-0.2, 0) is 25.6 Å². The summed E-state index contributed by atoms with van der Waals surface area (Å²) in [5.74, 6) is 3.58. The number of nitrogens with zero attached hydrogens (tertiary/aromatic N) is 4. The van der Waals surface area contributed by atoms with E-state index in [2.05, 4.69) is 30.8 Å². The molecule has 0 atom stereocenters. The molecule has 2 aliphatic rings. The number of amides is 5. The van der Waals surface area contributed by atoms with Crippen molar-refractivity contribution < 1.29 is 99.4 Å². The minimum Gasteiger partial charge on any atom is -0.493 e. The number of hydroxylamine groups is 3. The third-order valence-corrected chi connectivity index (χ3v) is 8.86. The molecule has 0 saturated carbocycles. The molecule has 0 radical (unpaired) electrons. The fourth-order valence-corrected chi connectivity index (χ4v) is 5.63. The first-order chi connectivity index (χ1) is 31.7. The number of fused-ring (bicyclic) bond motifs is 2. The Kier molecular flexibility index (Phi) is 24.7. The fraction of sp³-hybridized carbons (Fsp3) is 0.200. The molecule has 0 spiro atoms. The Morgan fingerprint density at radius 1 is 0.722 bits per heavy atom. The third-order valence-electron chi connectivity index (χ3n) is 8.86. The molecular formula is C40H46B4F12N6O10. The van der Waals surface area contributed by atoms with Gasteiger partial charge in [-0.2, -0.15) is 0 Å². The Morgan fingerprint density at radius 2 is 1.25 bits per heavy atom. The number of urea groups is 2. The van der Waals surface area contributed by atoms with Gasteiger partial charge in [-0.1, -0.05) is 47.1 Å². The van der Waals surface area contributed by atoms with Crippen LogP contribution in [0.1, 0.15) is 35.2 Å². The van der Waals surface area contributed by atoms with E-state index in [1.807, 2.05) is 5.48 Å². The molecule has 72 heavy (non-hydrogen) atoms. The third kappa shape index (κ3) is 18.9. The summed E-state index contributed by atoms with van der Waals surface area (Å²) in [4.78, 5) is 55.6. The Balaban J connectivity index is 0.000000936. The first-order valence-electron chi connectivity index (χ1n) is 19.5. The Labute approximate surface area is 404 Å². The van der Waals surface area contributed by atoms with Crippen molar-refractivity contribution in [3.05, 3.63) is 126 Å². The minimum atomic E-state index is -5.25. The molecule has 4 heterocycles. The number of azo groups is 1. The molecule has 5 amide bonds. The Hall–Kier alpha value is -7.14. The van der Waals surface area contributed by atoms with E-state index in [0.717, 1.165) is 47.0 Å². The number of nitrogens with two attached hydrogens (primary N) is 1. The number of allylic oxidation sites excluding steroid dienone is 1. The van der Waals surface area contributed by atoms with Crippen molar-refractivity contribution in [1.29, 1.82) is 0 Å². The summed E-state index contributed by atoms with van der Waals surface area (Å²) in [6.07, 6.45) is 1.50. The Morgan fingerprint density at radius 3 is 1.71 bits per heavy atom. The van der Waals surface area contributed by atoms with Gasteiger partial charge in [-0.05, 0) is 67.3 Å². The van der Waals surface area contributed by atoms with E-state index in [4.69, 9.17) is 20.4 Å². The van der Waals surface area contributed by atoms with Gasteiger partial charge in [-0.15, -0.1) is 10.5 Å². The van der Waals surface area contributed by atoms with Gasteiger partial charge >= 0.3 is 45.9 Å². The van der Waals surface area contributed by atoms with Crippen LogP contribution in [-0.4, -0.2) is 88.4 Å². The van der Waals surface area contributed by atoms with Crippen LogP contribution in [0.4, 0.5) is 67.1 Å². The monoisotopic (exact) mass is 1040 g/mol. The van der Waals surface area contributed by atoms with Crippen molar-refractivity contribution in [2.45, 2.75) is 25.7 Å². The van der Waals surface area contributed by atoms with E-state index >= 15 is 0 Å². The van der Waals surface area contributed by atoms with Crippen LogP contribution in [0.15, 0.2) is 104 Å². The first kappa shape index (κ1) is 64.9. The SMILES string of the molecule is C=C1CCC(=O)N1OC(=O)c1ccc([B-](F)(F)F)cc1.NOCCc1ccc2oc([B-](F)(F)F)cc2c1.O=C1N=NC(=O)N1c1ccc2oc([B-](F)(F)F)cc2c1.ONCCCOC[B-](F)(F)F.[CH3+].[CH3+].[CH3+].[CH3+]. The molecule has 0 aliphatic carbocycles. The van der Waals surface area contributed by atoms with Crippen LogP contribution >= 0.6 is 0 Å². The highest BCUT2D eigenvalue weighted by Gasteiger charge is 2.33. The van der Waals surface area contributed by atoms with Gasteiger partial charge in [0.05, 0.1) is 23.6 Å². The van der Waals surface area contributed by atoms with E-state index in [1.165, 1.54) is 24.3 Å². The van der Waals surface area contributed by atoms with Crippen LogP contribution in [0, 0.1) is 29.7 Å². The lowest BCUT2D eigenvalue weighted by Gasteiger charge is -2.17. The van der Waals surface area contributed by atoms with Crippen molar-refractivity contribution in [3.8, 4) is 0 Å². The van der Waals surface area contributed by atoms with Crippen LogP contribution in [0.25, 0.3) is 21.9 Å². The number of furan rings is 2. The highest BCUT2D eigenvalue weighted by molar-refractivity contribution is 6.74. The van der Waals surface area contributed by atoms with Gasteiger partial charge < -0.3 is 80.2 Å². The van der Waals surface area contributed by atoms with Gasteiger partial charge in [-0.3, -0.25) is 4.79 Å². The number of benzene rings is 3. The van der Waals surface area contributed by atoms with Crippen LogP contribution in [0.2, 0.25) is 0 Å². The van der Waals surface area contributed by atoms with Crippen molar-refractivity contribution in [1.82, 2.24) is 10.5 Å². The zero-order valence-electron chi connectivity index (χ0n) is 38.6. The largest absolute Gasteiger partial charge is 0.544 e. The molecule has 1 saturated heterocycles. The Bertz CT molecular complexity index is 2580. The summed E-state index contributed by atoms with van der Waals surface area (Å²) in [7, 11) is 0. The molecule has 5 aromatic rings. The van der Waals surface area contributed by atoms with Gasteiger partial charge in [0.25, 0.3) is 5.91 Å². The number of nitrogens with one attached hydrogen (secondary N) is 1. The summed E-state index contributed by atoms with van der Waals surface area (Å²) in [6.45, 7) is -17.3. The molecule has 1 fully saturated rings. The number of hydrogen-bond donors (Lipinski definition) is 3. The highest BCUT2D eigenvalue weighted by Crippen LogP contribution is 2.28. The number of carbonyl (C=O) groups excluding carboxylic acids is 4. The molecule has 7 rings (SSSR count). The zero-order valence-corrected chi connectivity index (χ0v) is 38.6. The maximum absolute atomic E-state index is 12.6. The molecular weight excluding hydrogens is 996 g/mol. The lowest BCUT2D eigenvalue weighted by atomic mass is 9.80. The van der Waals surface area contributed by atoms with Gasteiger partial charge in [0.2, 0.25) is 0 Å². The number of rotatable bonds is 15. The average Bonchev–Trinajstić information content (AvgIpc) is 4.05. The number of carbonyl (C=O) groups is 4. The predicted molar refractivity (Wildman–Crippen MR) is 248 cm³/mol. The molecule has 16 nitrogen and oxygen atoms in total. The number of imide groups is 1. The maximum Gasteiger partial charge on any atom is 0.544 e. The first-order valence-corrected chi connectivity index (χ1v) is 19.5. The van der Waals surface area contributed by atoms with Gasteiger partial charge in [0.15, 0.2) is 0 Å². The van der Waals surface area contributed by atoms with Crippen LogP contribution in [0.3, 0.4) is 0 Å². The number of hydrogen-bond acceptors (Lipinski definition) is 12. The van der Waals surface area contributed by atoms with E-state index in [-0.39, 0.29) is 77.1 Å². The van der Waals surface area contributed by atoms with Gasteiger partial charge in [0.1, 0.15) is 11.2 Å². The topological polar surface area (TPSA) is 212 Å². The molecule has 392 valence electrons. The second-order valence-corrected chi connectivity index (χ2v) is 14.1. The quantitative estimate of drug-likeness (QED) is 0.0294. The van der Waals surface area contributed by atoms with Crippen LogP contribution < -0.4 is 33.1 Å². The average molecular weight is 1040 g/mol. The van der Waals surface area contributed by atoms with E-state index in [1.54, 1.807) is 12.1 Å². The highest BCUT2D eigenvalue weighted by atomic mass is 19.4. The molecule has 3 aromatic carbocycles. The van der Waals surface area contributed by atoms with E-state index in [9.17, 15) is 71.0 Å². The van der Waals surface area contributed by atoms with Gasteiger partial charge in [0, 0.05) is 77.9 Å². The van der Waals surface area contributed by atoms with Crippen molar-refractivity contribution in [3.63, 3.8) is 0 Å². The minimum absolute atomic E-state index is 0. The molecule has 0 bridgehead atoms. The van der Waals surface area contributed by atoms with Crippen LogP contribution in [0.5, 0.6) is 0 Å². The normalized spacial score (nSPS) is 13.4. The second kappa shape index (κ2) is 27.5. The molecule has 2 aromatic heterocycles. The fourth-order valence-electron chi connectivity index (χ4n) is 5.63. The van der Waals surface area contributed by atoms with Crippen molar-refractivity contribution in [2.75, 3.05) is 31.2 Å². The molecule has 2 aliphatic heterocycles. The lowest BCUT2D eigenvalue weighted by Crippen LogP contribution is -2.34. The summed E-state index contributed by atoms with van der Waals surface area (Å²) < 4.78 is 160. The predicted octanol–water partition coefficient (Wildman–Crippen LogP) is 9.43. The maximum atomic E-state index is 12.6. The zero-order chi connectivity index (χ0) is 50.6. The summed E-state index contributed by atoms with van der Waals surface area (Å²) in [5.41, 5.74) is 0.446. The van der Waals surface area contributed by atoms with E-state index < -0.39 is 75.1 Å². The standard InChI is InChI=1S/C12H10BF3NO3.C10H4BF3N3O3.C10H10BF3NO2.C4H10BF3NO2.4CH3/c1-8-2-7-11(18)17(8)20-12(19)9-3-5-10(6-4-9)13(14,15)16;12-11(13,14)8-4-5-3-6(1-2-7(5)20-8)17-9(18)15-16-10(17)19;12-11(13,14)10-6-8-5-7(3-4-16-15)1-2-9(8)17-10;6-5(7,8)4-11-3-1-2-9-10;;;;/h3-6H,1-2,7H2;1-4H;1-2,5-6H,3-4,15H2;9-10H,1-4H2;4*1H3/q4*-1;4*+1. The van der Waals surface area contributed by atoms with Gasteiger partial charge in [-0.25, -0.2) is 30.7 Å². The molecule has 32 heteroatoms. The summed E-state index contributed by atoms with van der Waals surface area (Å²) in [5, 5.41) is 15.5. The number of ether oxygens (including phenoxy) is 1. The van der Waals surface area contributed by atoms with E-state index in [0.29, 0.717) is 41.9 Å². The summed E-state index contributed by atoms with van der Waals surface area (Å²) in [6, 6.07) is 12.3. The molecule has 0 unspecified atom stereocenters. The summed E-state index contributed by atoms with van der Waals surface area (Å²) >= 11 is 0. The second-order valence-electron chi connectivity index (χ2n) is 14.1. The van der Waals surface area contributed by atoms with Crippen molar-refractivity contribution >= 4 is 96.3 Å². The smallest absolute Gasteiger partial charge is 0.493 e. The lowest BCUT2D eigenvalue weighted by molar-refractivity contribution is -0.153. The number of halogens is 12. The van der Waals surface area contributed by atoms with Crippen molar-refractivity contribution in [2.24, 2.45) is 16.1 Å².